The molecule has 1 N–H and O–H groups in total. The van der Waals surface area contributed by atoms with Crippen LogP contribution in [0.5, 0.6) is 11.5 Å². The molecular formula is C27H24N4O4. The van der Waals surface area contributed by atoms with Crippen molar-refractivity contribution in [2.45, 2.75) is 12.0 Å². The van der Waals surface area contributed by atoms with Gasteiger partial charge >= 0.3 is 0 Å². The van der Waals surface area contributed by atoms with Gasteiger partial charge in [0, 0.05) is 30.4 Å². The molecule has 2 amide bonds. The van der Waals surface area contributed by atoms with E-state index in [9.17, 15) is 9.59 Å². The van der Waals surface area contributed by atoms with Crippen molar-refractivity contribution < 1.29 is 19.1 Å². The Balaban J connectivity index is 1.63. The topological polar surface area (TPSA) is 93.7 Å². The molecule has 2 atom stereocenters. The second kappa shape index (κ2) is 9.06. The second-order valence-electron chi connectivity index (χ2n) is 8.33. The molecule has 0 saturated heterocycles. The quantitative estimate of drug-likeness (QED) is 0.472. The van der Waals surface area contributed by atoms with Gasteiger partial charge in [-0.15, -0.1) is 0 Å². The molecule has 35 heavy (non-hydrogen) atoms. The minimum atomic E-state index is -0.733. The van der Waals surface area contributed by atoms with Crippen molar-refractivity contribution in [3.05, 3.63) is 89.9 Å². The van der Waals surface area contributed by atoms with Crippen molar-refractivity contribution in [3.63, 3.8) is 0 Å². The van der Waals surface area contributed by atoms with Gasteiger partial charge in [0.2, 0.25) is 5.91 Å². The lowest BCUT2D eigenvalue weighted by Crippen LogP contribution is -2.44. The van der Waals surface area contributed by atoms with Gasteiger partial charge in [-0.2, -0.15) is 0 Å². The number of anilines is 1. The van der Waals surface area contributed by atoms with Crippen molar-refractivity contribution in [2.75, 3.05) is 26.6 Å². The van der Waals surface area contributed by atoms with E-state index in [-0.39, 0.29) is 11.8 Å². The molecule has 0 spiro atoms. The molecule has 2 aromatic heterocycles. The number of benzene rings is 2. The first-order valence-corrected chi connectivity index (χ1v) is 11.1. The number of carbonyl (C=O) groups excluding carboxylic acids is 2. The molecule has 3 heterocycles. The first-order valence-electron chi connectivity index (χ1n) is 11.1. The summed E-state index contributed by atoms with van der Waals surface area (Å²) in [6, 6.07) is 16.0. The van der Waals surface area contributed by atoms with Crippen LogP contribution in [0.2, 0.25) is 0 Å². The Labute approximate surface area is 202 Å². The van der Waals surface area contributed by atoms with Crippen LogP contribution in [0, 0.1) is 0 Å². The number of carbonyl (C=O) groups is 2. The Morgan fingerprint density at radius 1 is 1.00 bits per heavy atom. The van der Waals surface area contributed by atoms with Gasteiger partial charge in [-0.3, -0.25) is 19.6 Å². The number of amides is 2. The van der Waals surface area contributed by atoms with Gasteiger partial charge < -0.3 is 19.7 Å². The molecule has 8 nitrogen and oxygen atoms in total. The van der Waals surface area contributed by atoms with Gasteiger partial charge in [0.25, 0.3) is 5.91 Å². The normalized spacial score (nSPS) is 17.1. The molecule has 4 aromatic rings. The highest BCUT2D eigenvalue weighted by Crippen LogP contribution is 2.45. The highest BCUT2D eigenvalue weighted by atomic mass is 16.5. The Morgan fingerprint density at radius 3 is 2.51 bits per heavy atom. The SMILES string of the molecule is COc1cc2c(cc1OC)C(C(=O)Nc1cnc3ccccc3c1)C(c1cccnc1)N(C)C2=O. The molecule has 0 aliphatic carbocycles. The van der Waals surface area contributed by atoms with Gasteiger partial charge in [0.05, 0.1) is 43.6 Å². The lowest BCUT2D eigenvalue weighted by Gasteiger charge is -2.39. The van der Waals surface area contributed by atoms with Crippen LogP contribution in [0.4, 0.5) is 5.69 Å². The van der Waals surface area contributed by atoms with E-state index in [0.29, 0.717) is 28.3 Å². The zero-order chi connectivity index (χ0) is 24.5. The number of para-hydroxylation sites is 1. The van der Waals surface area contributed by atoms with E-state index in [1.165, 1.54) is 14.2 Å². The molecule has 1 aliphatic rings. The van der Waals surface area contributed by atoms with Crippen LogP contribution in [0.1, 0.15) is 33.4 Å². The predicted molar refractivity (Wildman–Crippen MR) is 132 cm³/mol. The molecular weight excluding hydrogens is 444 g/mol. The summed E-state index contributed by atoms with van der Waals surface area (Å²) < 4.78 is 10.9. The van der Waals surface area contributed by atoms with E-state index < -0.39 is 12.0 Å². The molecule has 8 heteroatoms. The maximum atomic E-state index is 13.9. The molecule has 0 radical (unpaired) electrons. The van der Waals surface area contributed by atoms with Gasteiger partial charge in [-0.05, 0) is 41.5 Å². The Morgan fingerprint density at radius 2 is 1.77 bits per heavy atom. The number of nitrogens with one attached hydrogen (secondary N) is 1. The Hall–Kier alpha value is -4.46. The van der Waals surface area contributed by atoms with Crippen molar-refractivity contribution >= 4 is 28.4 Å². The first-order chi connectivity index (χ1) is 17.0. The molecule has 2 aromatic carbocycles. The highest BCUT2D eigenvalue weighted by molar-refractivity contribution is 6.05. The number of likely N-dealkylation sites (N-methyl/N-ethyl adjacent to an activating group) is 1. The van der Waals surface area contributed by atoms with Crippen molar-refractivity contribution in [3.8, 4) is 11.5 Å². The number of ether oxygens (including phenoxy) is 2. The first kappa shape index (κ1) is 22.3. The van der Waals surface area contributed by atoms with Crippen molar-refractivity contribution in [2.24, 2.45) is 0 Å². The largest absolute Gasteiger partial charge is 0.493 e. The molecule has 0 bridgehead atoms. The van der Waals surface area contributed by atoms with E-state index in [2.05, 4.69) is 15.3 Å². The number of hydrogen-bond acceptors (Lipinski definition) is 6. The van der Waals surface area contributed by atoms with E-state index in [0.717, 1.165) is 16.5 Å². The molecule has 0 saturated carbocycles. The van der Waals surface area contributed by atoms with Crippen LogP contribution < -0.4 is 14.8 Å². The number of hydrogen-bond donors (Lipinski definition) is 1. The van der Waals surface area contributed by atoms with Crippen LogP contribution in [0.3, 0.4) is 0 Å². The maximum absolute atomic E-state index is 13.9. The van der Waals surface area contributed by atoms with Crippen LogP contribution in [-0.2, 0) is 4.79 Å². The third-order valence-corrected chi connectivity index (χ3v) is 6.34. The fraction of sp³-hybridized carbons (Fsp3) is 0.185. The van der Waals surface area contributed by atoms with Crippen LogP contribution >= 0.6 is 0 Å². The van der Waals surface area contributed by atoms with Crippen molar-refractivity contribution in [1.82, 2.24) is 14.9 Å². The van der Waals surface area contributed by atoms with E-state index in [1.807, 2.05) is 36.4 Å². The van der Waals surface area contributed by atoms with Crippen LogP contribution in [0.25, 0.3) is 10.9 Å². The number of nitrogens with zero attached hydrogens (tertiary/aromatic N) is 3. The molecule has 176 valence electrons. The summed E-state index contributed by atoms with van der Waals surface area (Å²) in [5.41, 5.74) is 3.11. The smallest absolute Gasteiger partial charge is 0.254 e. The zero-order valence-corrected chi connectivity index (χ0v) is 19.6. The average Bonchev–Trinajstić information content (AvgIpc) is 2.90. The van der Waals surface area contributed by atoms with E-state index in [4.69, 9.17) is 9.47 Å². The molecule has 1 aliphatic heterocycles. The standard InChI is InChI=1S/C27H24N4O4/c1-31-25(17-8-6-10-28-14-17)24(19-12-22(34-2)23(35-3)13-20(19)27(31)33)26(32)30-18-11-16-7-4-5-9-21(16)29-15-18/h4-15,24-25H,1-3H3,(H,30,32). The van der Waals surface area contributed by atoms with E-state index in [1.54, 1.807) is 48.7 Å². The van der Waals surface area contributed by atoms with Gasteiger partial charge in [-0.25, -0.2) is 0 Å². The molecule has 5 rings (SSSR count). The summed E-state index contributed by atoms with van der Waals surface area (Å²) in [5, 5.41) is 3.93. The van der Waals surface area contributed by atoms with Gasteiger partial charge in [0.15, 0.2) is 11.5 Å². The number of rotatable bonds is 5. The predicted octanol–water partition coefficient (Wildman–Crippen LogP) is 4.20. The average molecular weight is 469 g/mol. The lowest BCUT2D eigenvalue weighted by atomic mass is 9.79. The summed E-state index contributed by atoms with van der Waals surface area (Å²) >= 11 is 0. The van der Waals surface area contributed by atoms with E-state index >= 15 is 0 Å². The summed E-state index contributed by atoms with van der Waals surface area (Å²) in [6.45, 7) is 0. The monoisotopic (exact) mass is 468 g/mol. The van der Waals surface area contributed by atoms with Crippen molar-refractivity contribution in [1.29, 1.82) is 0 Å². The second-order valence-corrected chi connectivity index (χ2v) is 8.33. The molecule has 2 unspecified atom stereocenters. The van der Waals surface area contributed by atoms with Gasteiger partial charge in [0.1, 0.15) is 0 Å². The summed E-state index contributed by atoms with van der Waals surface area (Å²) in [6.07, 6.45) is 4.97. The number of methoxy groups -OCH3 is 2. The van der Waals surface area contributed by atoms with Crippen LogP contribution in [-0.4, -0.2) is 47.9 Å². The fourth-order valence-electron chi connectivity index (χ4n) is 4.66. The maximum Gasteiger partial charge on any atom is 0.254 e. The minimum Gasteiger partial charge on any atom is -0.493 e. The summed E-state index contributed by atoms with van der Waals surface area (Å²) in [5.74, 6) is -0.359. The minimum absolute atomic E-state index is 0.216. The lowest BCUT2D eigenvalue weighted by molar-refractivity contribution is -0.119. The molecule has 0 fully saturated rings. The highest BCUT2D eigenvalue weighted by Gasteiger charge is 2.43. The summed E-state index contributed by atoms with van der Waals surface area (Å²) in [7, 11) is 4.73. The number of fused-ring (bicyclic) bond motifs is 2. The number of aromatic nitrogens is 2. The summed E-state index contributed by atoms with van der Waals surface area (Å²) in [4.78, 5) is 37.5. The third-order valence-electron chi connectivity index (χ3n) is 6.34. The van der Waals surface area contributed by atoms with Gasteiger partial charge in [-0.1, -0.05) is 24.3 Å². The number of pyridine rings is 2. The third kappa shape index (κ3) is 3.93. The Kier molecular flexibility index (Phi) is 5.78. The van der Waals surface area contributed by atoms with Crippen LogP contribution in [0.15, 0.2) is 73.2 Å². The Bertz CT molecular complexity index is 1420. The fourth-order valence-corrected chi connectivity index (χ4v) is 4.66. The zero-order valence-electron chi connectivity index (χ0n) is 19.6.